The van der Waals surface area contributed by atoms with Crippen LogP contribution in [0.5, 0.6) is 0 Å². The largest absolute Gasteiger partial charge is 0.366 e. The molecule has 0 aromatic heterocycles. The van der Waals surface area contributed by atoms with Gasteiger partial charge in [-0.25, -0.2) is 5.43 Å². The zero-order chi connectivity index (χ0) is 20.5. The van der Waals surface area contributed by atoms with Gasteiger partial charge in [0.25, 0.3) is 5.91 Å². The Balaban J connectivity index is 1.77. The van der Waals surface area contributed by atoms with Crippen LogP contribution >= 0.6 is 23.2 Å². The van der Waals surface area contributed by atoms with E-state index in [2.05, 4.69) is 55.3 Å². The number of rotatable bonds is 4. The van der Waals surface area contributed by atoms with Gasteiger partial charge in [-0.05, 0) is 74.6 Å². The first-order chi connectivity index (χ1) is 13.2. The Bertz CT molecular complexity index is 924. The van der Waals surface area contributed by atoms with Gasteiger partial charge in [0, 0.05) is 22.8 Å². The van der Waals surface area contributed by atoms with E-state index in [1.807, 2.05) is 6.07 Å². The average molecular weight is 418 g/mol. The lowest BCUT2D eigenvalue weighted by molar-refractivity contribution is 0.0955. The smallest absolute Gasteiger partial charge is 0.272 e. The van der Waals surface area contributed by atoms with E-state index in [1.165, 1.54) is 17.3 Å². The fraction of sp³-hybridized carbons (Fsp3) is 0.364. The predicted molar refractivity (Wildman–Crippen MR) is 118 cm³/mol. The molecule has 4 nitrogen and oxygen atoms in total. The van der Waals surface area contributed by atoms with Gasteiger partial charge < -0.3 is 4.90 Å². The Morgan fingerprint density at radius 2 is 2.04 bits per heavy atom. The third-order valence-electron chi connectivity index (χ3n) is 5.28. The zero-order valence-electron chi connectivity index (χ0n) is 16.6. The van der Waals surface area contributed by atoms with Gasteiger partial charge >= 0.3 is 0 Å². The van der Waals surface area contributed by atoms with E-state index in [-0.39, 0.29) is 11.4 Å². The first kappa shape index (κ1) is 20.7. The van der Waals surface area contributed by atoms with Crippen LogP contribution in [0, 0.1) is 0 Å². The topological polar surface area (TPSA) is 44.7 Å². The predicted octanol–water partition coefficient (Wildman–Crippen LogP) is 5.87. The maximum Gasteiger partial charge on any atom is 0.272 e. The normalized spacial score (nSPS) is 18.2. The fourth-order valence-electron chi connectivity index (χ4n) is 4.09. The summed E-state index contributed by atoms with van der Waals surface area (Å²) in [5.41, 5.74) is 6.55. The molecule has 0 radical (unpaired) electrons. The summed E-state index contributed by atoms with van der Waals surface area (Å²) >= 11 is 11.9. The first-order valence-corrected chi connectivity index (χ1v) is 10.2. The molecule has 1 amide bonds. The highest BCUT2D eigenvalue weighted by molar-refractivity contribution is 6.36. The molecule has 0 bridgehead atoms. The van der Waals surface area contributed by atoms with Gasteiger partial charge in [0.2, 0.25) is 0 Å². The van der Waals surface area contributed by atoms with Crippen LogP contribution in [0.3, 0.4) is 0 Å². The number of nitrogens with one attached hydrogen (secondary N) is 1. The van der Waals surface area contributed by atoms with Gasteiger partial charge in [-0.15, -0.1) is 0 Å². The molecule has 1 unspecified atom stereocenters. The highest BCUT2D eigenvalue weighted by atomic mass is 35.5. The van der Waals surface area contributed by atoms with Gasteiger partial charge in [0.05, 0.1) is 16.8 Å². The molecule has 0 spiro atoms. The SMILES string of the molecule is CCN1c2ccc(/C=N/NC(=O)c3ccc(Cl)cc3Cl)cc2C(C)CC1(C)C. The lowest BCUT2D eigenvalue weighted by Gasteiger charge is -2.47. The molecule has 2 aromatic rings. The van der Waals surface area contributed by atoms with Crippen molar-refractivity contribution < 1.29 is 4.79 Å². The minimum absolute atomic E-state index is 0.141. The van der Waals surface area contributed by atoms with Crippen LogP contribution in [0.2, 0.25) is 10.0 Å². The molecule has 148 valence electrons. The van der Waals surface area contributed by atoms with Crippen LogP contribution in [0.4, 0.5) is 5.69 Å². The quantitative estimate of drug-likeness (QED) is 0.499. The fourth-order valence-corrected chi connectivity index (χ4v) is 4.58. The summed E-state index contributed by atoms with van der Waals surface area (Å²) in [5, 5.41) is 4.87. The van der Waals surface area contributed by atoms with Crippen molar-refractivity contribution in [3.8, 4) is 0 Å². The van der Waals surface area contributed by atoms with Gasteiger partial charge in [0.1, 0.15) is 0 Å². The number of benzene rings is 2. The number of hydrogen-bond acceptors (Lipinski definition) is 3. The Labute approximate surface area is 176 Å². The summed E-state index contributed by atoms with van der Waals surface area (Å²) in [5.74, 6) is 0.0896. The number of carbonyl (C=O) groups excluding carboxylic acids is 1. The molecular formula is C22H25Cl2N3O. The molecule has 0 saturated carbocycles. The van der Waals surface area contributed by atoms with Crippen molar-refractivity contribution in [2.24, 2.45) is 5.10 Å². The highest BCUT2D eigenvalue weighted by Crippen LogP contribution is 2.43. The Kier molecular flexibility index (Phi) is 6.01. The van der Waals surface area contributed by atoms with Crippen molar-refractivity contribution in [3.05, 3.63) is 63.1 Å². The van der Waals surface area contributed by atoms with Gasteiger partial charge in [0.15, 0.2) is 0 Å². The lowest BCUT2D eigenvalue weighted by Crippen LogP contribution is -2.48. The lowest BCUT2D eigenvalue weighted by atomic mass is 9.79. The third kappa shape index (κ3) is 4.18. The molecular weight excluding hydrogens is 393 g/mol. The van der Waals surface area contributed by atoms with Gasteiger partial charge in [-0.3, -0.25) is 4.79 Å². The maximum atomic E-state index is 12.2. The van der Waals surface area contributed by atoms with Gasteiger partial charge in [-0.1, -0.05) is 36.2 Å². The summed E-state index contributed by atoms with van der Waals surface area (Å²) in [4.78, 5) is 14.7. The number of fused-ring (bicyclic) bond motifs is 1. The van der Waals surface area contributed by atoms with Crippen molar-refractivity contribution >= 4 is 41.0 Å². The van der Waals surface area contributed by atoms with E-state index in [4.69, 9.17) is 23.2 Å². The number of anilines is 1. The van der Waals surface area contributed by atoms with Crippen molar-refractivity contribution in [2.45, 2.75) is 45.6 Å². The Hall–Kier alpha value is -2.04. The second kappa shape index (κ2) is 8.14. The molecule has 2 aromatic carbocycles. The number of hydrogen-bond donors (Lipinski definition) is 1. The molecule has 0 saturated heterocycles. The van der Waals surface area contributed by atoms with E-state index in [1.54, 1.807) is 18.3 Å². The maximum absolute atomic E-state index is 12.2. The van der Waals surface area contributed by atoms with Gasteiger partial charge in [-0.2, -0.15) is 5.10 Å². The number of hydrazone groups is 1. The molecule has 1 N–H and O–H groups in total. The Morgan fingerprint density at radius 1 is 1.29 bits per heavy atom. The molecule has 28 heavy (non-hydrogen) atoms. The van der Waals surface area contributed by atoms with E-state index in [9.17, 15) is 4.79 Å². The van der Waals surface area contributed by atoms with Crippen molar-refractivity contribution in [2.75, 3.05) is 11.4 Å². The third-order valence-corrected chi connectivity index (χ3v) is 5.83. The number of nitrogens with zero attached hydrogens (tertiary/aromatic N) is 2. The van der Waals surface area contributed by atoms with Crippen molar-refractivity contribution in [1.29, 1.82) is 0 Å². The summed E-state index contributed by atoms with van der Waals surface area (Å²) in [7, 11) is 0. The summed E-state index contributed by atoms with van der Waals surface area (Å²) in [6.45, 7) is 10.0. The zero-order valence-corrected chi connectivity index (χ0v) is 18.1. The second-order valence-electron chi connectivity index (χ2n) is 7.80. The molecule has 1 heterocycles. The van der Waals surface area contributed by atoms with E-state index in [0.717, 1.165) is 18.5 Å². The molecule has 1 aliphatic heterocycles. The highest BCUT2D eigenvalue weighted by Gasteiger charge is 2.35. The molecule has 6 heteroatoms. The minimum atomic E-state index is -0.372. The van der Waals surface area contributed by atoms with Crippen LogP contribution < -0.4 is 10.3 Å². The van der Waals surface area contributed by atoms with E-state index in [0.29, 0.717) is 21.5 Å². The van der Waals surface area contributed by atoms with Crippen molar-refractivity contribution in [3.63, 3.8) is 0 Å². The number of amides is 1. The molecule has 0 fully saturated rings. The molecule has 3 rings (SSSR count). The standard InChI is InChI=1S/C22H25Cl2N3O/c1-5-27-20-9-6-15(10-18(20)14(2)12-22(27,3)4)13-25-26-21(28)17-8-7-16(23)11-19(17)24/h6-11,13-14H,5,12H2,1-4H3,(H,26,28)/b25-13+. The monoisotopic (exact) mass is 417 g/mol. The first-order valence-electron chi connectivity index (χ1n) is 9.43. The molecule has 1 aliphatic rings. The van der Waals surface area contributed by atoms with Crippen LogP contribution in [0.15, 0.2) is 41.5 Å². The van der Waals surface area contributed by atoms with Crippen LogP contribution in [0.25, 0.3) is 0 Å². The number of halogens is 2. The Morgan fingerprint density at radius 3 is 2.71 bits per heavy atom. The molecule has 1 atom stereocenters. The minimum Gasteiger partial charge on any atom is -0.366 e. The average Bonchev–Trinajstić information content (AvgIpc) is 2.61. The van der Waals surface area contributed by atoms with Crippen LogP contribution in [0.1, 0.15) is 61.5 Å². The molecule has 0 aliphatic carbocycles. The van der Waals surface area contributed by atoms with Crippen LogP contribution in [-0.4, -0.2) is 24.2 Å². The summed E-state index contributed by atoms with van der Waals surface area (Å²) in [6.07, 6.45) is 2.75. The number of carbonyl (C=O) groups is 1. The van der Waals surface area contributed by atoms with Crippen LogP contribution in [-0.2, 0) is 0 Å². The summed E-state index contributed by atoms with van der Waals surface area (Å²) in [6, 6.07) is 11.1. The second-order valence-corrected chi connectivity index (χ2v) is 8.65. The van der Waals surface area contributed by atoms with E-state index >= 15 is 0 Å². The summed E-state index contributed by atoms with van der Waals surface area (Å²) < 4.78 is 0. The van der Waals surface area contributed by atoms with E-state index < -0.39 is 0 Å². The van der Waals surface area contributed by atoms with Crippen molar-refractivity contribution in [1.82, 2.24) is 5.43 Å².